The van der Waals surface area contributed by atoms with E-state index in [0.29, 0.717) is 59.0 Å². The molecule has 3 aromatic heterocycles. The number of hydrogen-bond acceptors (Lipinski definition) is 9. The number of rotatable bonds is 9. The van der Waals surface area contributed by atoms with Crippen LogP contribution in [0.1, 0.15) is 36.9 Å². The molecule has 13 heteroatoms. The lowest BCUT2D eigenvalue weighted by Gasteiger charge is -2.48. The first-order valence-corrected chi connectivity index (χ1v) is 17.5. The first-order valence-electron chi connectivity index (χ1n) is 16.7. The van der Waals surface area contributed by atoms with Crippen LogP contribution in [0.4, 0.5) is 0 Å². The molecule has 1 aromatic carbocycles. The van der Waals surface area contributed by atoms with Gasteiger partial charge in [-0.05, 0) is 31.0 Å². The summed E-state index contributed by atoms with van der Waals surface area (Å²) in [6, 6.07) is 13.5. The fourth-order valence-corrected chi connectivity index (χ4v) is 8.57. The van der Waals surface area contributed by atoms with E-state index in [0.717, 1.165) is 72.5 Å². The highest BCUT2D eigenvalue weighted by molar-refractivity contribution is 6.39. The Kier molecular flexibility index (Phi) is 8.42. The first kappa shape index (κ1) is 32.9. The molecule has 4 aliphatic heterocycles. The van der Waals surface area contributed by atoms with Crippen molar-refractivity contribution in [2.24, 2.45) is 0 Å². The Balaban J connectivity index is 1.01. The topological polar surface area (TPSA) is 122 Å². The smallest absolute Gasteiger partial charge is 0.220 e. The summed E-state index contributed by atoms with van der Waals surface area (Å²) in [5.74, 6) is 1.44. The summed E-state index contributed by atoms with van der Waals surface area (Å²) in [6.45, 7) is 4.53. The Morgan fingerprint density at radius 1 is 0.800 bits per heavy atom. The highest BCUT2D eigenvalue weighted by atomic mass is 35.5. The Morgan fingerprint density at radius 3 is 2.10 bits per heavy atom. The molecule has 0 aliphatic carbocycles. The van der Waals surface area contributed by atoms with Gasteiger partial charge in [-0.2, -0.15) is 0 Å². The van der Waals surface area contributed by atoms with E-state index in [1.807, 2.05) is 42.5 Å². The third kappa shape index (κ3) is 5.96. The van der Waals surface area contributed by atoms with E-state index in [1.54, 1.807) is 26.6 Å². The zero-order valence-corrected chi connectivity index (χ0v) is 29.4. The van der Waals surface area contributed by atoms with Crippen molar-refractivity contribution in [3.8, 4) is 45.3 Å². The summed E-state index contributed by atoms with van der Waals surface area (Å²) in [7, 11) is 3.25. The van der Waals surface area contributed by atoms with Crippen molar-refractivity contribution in [1.29, 1.82) is 0 Å². The molecule has 0 bridgehead atoms. The summed E-state index contributed by atoms with van der Waals surface area (Å²) in [5, 5.41) is 7.21. The van der Waals surface area contributed by atoms with Gasteiger partial charge in [-0.1, -0.05) is 47.5 Å². The molecule has 0 atom stereocenters. The van der Waals surface area contributed by atoms with Crippen molar-refractivity contribution < 1.29 is 19.1 Å². The van der Waals surface area contributed by atoms with Crippen LogP contribution in [0.3, 0.4) is 0 Å². The van der Waals surface area contributed by atoms with Crippen LogP contribution in [0, 0.1) is 0 Å². The van der Waals surface area contributed by atoms with E-state index >= 15 is 0 Å². The number of halogens is 2. The third-order valence-corrected chi connectivity index (χ3v) is 11.1. The predicted octanol–water partition coefficient (Wildman–Crippen LogP) is 5.13. The van der Waals surface area contributed by atoms with Crippen molar-refractivity contribution >= 4 is 35.0 Å². The van der Waals surface area contributed by atoms with Crippen LogP contribution in [0.15, 0.2) is 54.9 Å². The lowest BCUT2D eigenvalue weighted by atomic mass is 9.88. The Morgan fingerprint density at radius 2 is 1.46 bits per heavy atom. The molecule has 4 aliphatic rings. The Labute approximate surface area is 300 Å². The van der Waals surface area contributed by atoms with E-state index in [2.05, 4.69) is 25.4 Å². The number of amides is 2. The lowest BCUT2D eigenvalue weighted by Crippen LogP contribution is -2.66. The minimum Gasteiger partial charge on any atom is -0.495 e. The standard InChI is InChI=1S/C37H37Cl2N7O4/c1-49-29-14-23(15-41-28(29)17-46-20-37(21-46)12-9-31(48)44-37)34-33(39)25(10-13-40-34)24-4-3-5-26(32(24)38)27-7-6-22(35(42-27)50-2)16-45-18-36(19-45)11-8-30(47)43-36/h3-7,10,13-15H,8-9,11-12,16-21H2,1-2H3,(H,43,47)(H,44,48). The van der Waals surface area contributed by atoms with E-state index in [1.165, 1.54) is 0 Å². The second-order valence-corrected chi connectivity index (χ2v) is 14.6. The zero-order valence-electron chi connectivity index (χ0n) is 27.9. The molecule has 0 unspecified atom stereocenters. The Hall–Kier alpha value is -4.29. The summed E-state index contributed by atoms with van der Waals surface area (Å²) in [4.78, 5) is 42.2. The highest BCUT2D eigenvalue weighted by Gasteiger charge is 2.48. The molecule has 0 radical (unpaired) electrons. The van der Waals surface area contributed by atoms with Crippen molar-refractivity contribution in [2.45, 2.75) is 49.9 Å². The first-order chi connectivity index (χ1) is 24.2. The highest BCUT2D eigenvalue weighted by Crippen LogP contribution is 2.43. The summed E-state index contributed by atoms with van der Waals surface area (Å²) in [6.07, 6.45) is 6.43. The number of nitrogens with one attached hydrogen (secondary N) is 2. The van der Waals surface area contributed by atoms with Gasteiger partial charge in [0.15, 0.2) is 0 Å². The van der Waals surface area contributed by atoms with Crippen LogP contribution in [-0.4, -0.2) is 88.0 Å². The molecule has 50 heavy (non-hydrogen) atoms. The maximum Gasteiger partial charge on any atom is 0.220 e. The van der Waals surface area contributed by atoms with E-state index in [4.69, 9.17) is 42.6 Å². The van der Waals surface area contributed by atoms with Crippen LogP contribution in [0.25, 0.3) is 33.6 Å². The molecule has 11 nitrogen and oxygen atoms in total. The number of methoxy groups -OCH3 is 2. The molecule has 258 valence electrons. The number of ether oxygens (including phenoxy) is 2. The van der Waals surface area contributed by atoms with Gasteiger partial charge in [0.2, 0.25) is 17.7 Å². The number of pyridine rings is 3. The number of hydrogen-bond donors (Lipinski definition) is 2. The molecular formula is C37H37Cl2N7O4. The van der Waals surface area contributed by atoms with Gasteiger partial charge in [0.25, 0.3) is 0 Å². The maximum absolute atomic E-state index is 11.7. The zero-order chi connectivity index (χ0) is 34.6. The number of benzene rings is 1. The van der Waals surface area contributed by atoms with Gasteiger partial charge in [-0.25, -0.2) is 4.98 Å². The normalized spacial score (nSPS) is 19.3. The van der Waals surface area contributed by atoms with Gasteiger partial charge < -0.3 is 20.1 Å². The van der Waals surface area contributed by atoms with Crippen molar-refractivity contribution in [2.75, 3.05) is 40.4 Å². The van der Waals surface area contributed by atoms with Gasteiger partial charge in [0, 0.05) is 92.3 Å². The fourth-order valence-electron chi connectivity index (χ4n) is 7.92. The molecule has 4 saturated heterocycles. The predicted molar refractivity (Wildman–Crippen MR) is 190 cm³/mol. The minimum absolute atomic E-state index is 0.0825. The summed E-state index contributed by atoms with van der Waals surface area (Å²) in [5.41, 5.74) is 5.78. The number of likely N-dealkylation sites (tertiary alicyclic amines) is 2. The van der Waals surface area contributed by atoms with Gasteiger partial charge >= 0.3 is 0 Å². The lowest BCUT2D eigenvalue weighted by molar-refractivity contribution is -0.121. The number of aromatic nitrogens is 3. The second-order valence-electron chi connectivity index (χ2n) is 13.9. The minimum atomic E-state index is -0.0959. The number of nitrogens with zero attached hydrogens (tertiary/aromatic N) is 5. The molecule has 2 N–H and O–H groups in total. The number of carbonyl (C=O) groups is 2. The van der Waals surface area contributed by atoms with E-state index in [9.17, 15) is 9.59 Å². The van der Waals surface area contributed by atoms with Crippen LogP contribution in [0.5, 0.6) is 11.6 Å². The average molecular weight is 715 g/mol. The van der Waals surface area contributed by atoms with Gasteiger partial charge in [0.05, 0.1) is 52.4 Å². The molecule has 4 aromatic rings. The molecular weight excluding hydrogens is 677 g/mol. The van der Waals surface area contributed by atoms with Crippen LogP contribution >= 0.6 is 23.2 Å². The van der Waals surface area contributed by atoms with E-state index < -0.39 is 0 Å². The summed E-state index contributed by atoms with van der Waals surface area (Å²) < 4.78 is 11.5. The number of carbonyl (C=O) groups excluding carboxylic acids is 2. The SMILES string of the molecule is COc1cc(-c2nccc(-c3cccc(-c4ccc(CN5CC6(CCC(=O)N6)C5)c(OC)n4)c3Cl)c2Cl)cnc1CN1CC2(CCC(=O)N2)C1. The Bertz CT molecular complexity index is 1870. The van der Waals surface area contributed by atoms with Crippen molar-refractivity contribution in [3.63, 3.8) is 0 Å². The van der Waals surface area contributed by atoms with Gasteiger partial charge in [-0.3, -0.25) is 29.4 Å². The van der Waals surface area contributed by atoms with Crippen molar-refractivity contribution in [3.05, 3.63) is 76.2 Å². The maximum atomic E-state index is 11.7. The molecule has 2 spiro atoms. The van der Waals surface area contributed by atoms with Crippen molar-refractivity contribution in [1.82, 2.24) is 35.4 Å². The third-order valence-electron chi connectivity index (χ3n) is 10.4. The molecule has 4 fully saturated rings. The van der Waals surface area contributed by atoms with E-state index in [-0.39, 0.29) is 22.9 Å². The van der Waals surface area contributed by atoms with Crippen LogP contribution in [-0.2, 0) is 22.7 Å². The second kappa shape index (κ2) is 12.8. The molecule has 0 saturated carbocycles. The quantitative estimate of drug-likeness (QED) is 0.243. The monoisotopic (exact) mass is 713 g/mol. The fraction of sp³-hybridized carbons (Fsp3) is 0.378. The molecule has 2 amide bonds. The molecule has 7 heterocycles. The van der Waals surface area contributed by atoms with Crippen LogP contribution < -0.4 is 20.1 Å². The van der Waals surface area contributed by atoms with Gasteiger partial charge in [0.1, 0.15) is 5.75 Å². The van der Waals surface area contributed by atoms with Crippen LogP contribution in [0.2, 0.25) is 10.0 Å². The average Bonchev–Trinajstić information content (AvgIpc) is 3.68. The van der Waals surface area contributed by atoms with Gasteiger partial charge in [-0.15, -0.1) is 0 Å². The largest absolute Gasteiger partial charge is 0.495 e. The molecule has 8 rings (SSSR count). The summed E-state index contributed by atoms with van der Waals surface area (Å²) >= 11 is 14.2.